The monoisotopic (exact) mass is 692 g/mol. The zero-order chi connectivity index (χ0) is 35.5. The first-order valence-electron chi connectivity index (χ1n) is 17.5. The standard InChI is InChI=1S/C40H41FN4O6/c1-50-29-17-18-31-34(20-29)43-33(25-11-6-5-7-12-25)22-36(31)51-30-21-35-37(46)44-40(39(48)49)23-26(40)13-8-3-2-4-9-16-32(38(47)45(35)24-30)42-28-15-10-14-27(41)19-28/h5-8,10-15,17-20,22,26,30,32,35,42H,2-4,9,16,21,23-24H2,1H3,(H,44,46)(H,48,49)/t26-,30-,32+,35+,40-/m1/s1. The fourth-order valence-electron chi connectivity index (χ4n) is 7.26. The van der Waals surface area contributed by atoms with Crippen LogP contribution in [0.25, 0.3) is 22.2 Å². The number of halogens is 1. The van der Waals surface area contributed by atoms with Gasteiger partial charge in [-0.15, -0.1) is 0 Å². The number of amides is 2. The number of benzene rings is 3. The maximum Gasteiger partial charge on any atom is 0.330 e. The highest BCUT2D eigenvalue weighted by atomic mass is 19.1. The van der Waals surface area contributed by atoms with Crippen LogP contribution in [0.4, 0.5) is 10.1 Å². The molecule has 10 nitrogen and oxygen atoms in total. The molecule has 2 fully saturated rings. The molecule has 11 heteroatoms. The van der Waals surface area contributed by atoms with Gasteiger partial charge >= 0.3 is 5.97 Å². The molecule has 3 aliphatic rings. The maximum atomic E-state index is 14.5. The van der Waals surface area contributed by atoms with E-state index in [0.717, 1.165) is 36.6 Å². The van der Waals surface area contributed by atoms with Crippen LogP contribution in [0.15, 0.2) is 91.0 Å². The van der Waals surface area contributed by atoms with Gasteiger partial charge in [-0.2, -0.15) is 0 Å². The Morgan fingerprint density at radius 1 is 1.04 bits per heavy atom. The molecule has 7 rings (SSSR count). The number of aliphatic carboxylic acids is 1. The van der Waals surface area contributed by atoms with Crippen molar-refractivity contribution in [3.63, 3.8) is 0 Å². The molecule has 0 unspecified atom stereocenters. The first-order valence-corrected chi connectivity index (χ1v) is 17.5. The third kappa shape index (κ3) is 7.24. The normalized spacial score (nSPS) is 25.2. The van der Waals surface area contributed by atoms with Gasteiger partial charge in [0.05, 0.1) is 24.9 Å². The maximum absolute atomic E-state index is 14.5. The van der Waals surface area contributed by atoms with E-state index < -0.39 is 41.4 Å². The summed E-state index contributed by atoms with van der Waals surface area (Å²) in [5.74, 6) is -1.57. The lowest BCUT2D eigenvalue weighted by Crippen LogP contribution is -2.55. The van der Waals surface area contributed by atoms with Gasteiger partial charge in [0.15, 0.2) is 0 Å². The number of rotatable bonds is 7. The average molecular weight is 693 g/mol. The number of fused-ring (bicyclic) bond motifs is 3. The van der Waals surface area contributed by atoms with Crippen molar-refractivity contribution in [2.75, 3.05) is 19.0 Å². The molecule has 5 atom stereocenters. The van der Waals surface area contributed by atoms with Crippen molar-refractivity contribution in [2.45, 2.75) is 68.7 Å². The van der Waals surface area contributed by atoms with Crippen molar-refractivity contribution < 1.29 is 33.4 Å². The van der Waals surface area contributed by atoms with Crippen LogP contribution in [-0.2, 0) is 14.4 Å². The van der Waals surface area contributed by atoms with E-state index in [1.54, 1.807) is 19.2 Å². The van der Waals surface area contributed by atoms with E-state index in [9.17, 15) is 23.9 Å². The quantitative estimate of drug-likeness (QED) is 0.191. The predicted molar refractivity (Wildman–Crippen MR) is 191 cm³/mol. The molecular weight excluding hydrogens is 651 g/mol. The van der Waals surface area contributed by atoms with E-state index in [4.69, 9.17) is 14.5 Å². The summed E-state index contributed by atoms with van der Waals surface area (Å²) in [5.41, 5.74) is 1.26. The van der Waals surface area contributed by atoms with Crippen LogP contribution in [0, 0.1) is 11.7 Å². The van der Waals surface area contributed by atoms with Crippen molar-refractivity contribution >= 4 is 34.4 Å². The van der Waals surface area contributed by atoms with Gasteiger partial charge in [-0.3, -0.25) is 9.59 Å². The van der Waals surface area contributed by atoms with Gasteiger partial charge in [0.1, 0.15) is 41.0 Å². The zero-order valence-corrected chi connectivity index (χ0v) is 28.4. The van der Waals surface area contributed by atoms with Gasteiger partial charge in [-0.25, -0.2) is 14.2 Å². The first kappa shape index (κ1) is 34.0. The zero-order valence-electron chi connectivity index (χ0n) is 28.4. The lowest BCUT2D eigenvalue weighted by Gasteiger charge is -2.30. The highest BCUT2D eigenvalue weighted by Crippen LogP contribution is 2.45. The Hall–Kier alpha value is -5.45. The number of carboxylic acid groups (broad SMARTS) is 1. The summed E-state index contributed by atoms with van der Waals surface area (Å²) in [4.78, 5) is 47.5. The Morgan fingerprint density at radius 2 is 1.88 bits per heavy atom. The summed E-state index contributed by atoms with van der Waals surface area (Å²) in [5, 5.41) is 17.0. The van der Waals surface area contributed by atoms with E-state index in [1.807, 2.05) is 66.7 Å². The van der Waals surface area contributed by atoms with Crippen molar-refractivity contribution in [2.24, 2.45) is 5.92 Å². The SMILES string of the molecule is COc1ccc2c(O[C@@H]3C[C@H]4C(=O)N[C@]5(C(=O)O)C[C@H]5C=CCCCCC[C@H](Nc5cccc(F)c5)C(=O)N4C3)cc(-c3ccccc3)nc2c1. The Labute approximate surface area is 295 Å². The fraction of sp³-hybridized carbons (Fsp3) is 0.350. The molecule has 1 saturated heterocycles. The Morgan fingerprint density at radius 3 is 2.67 bits per heavy atom. The topological polar surface area (TPSA) is 130 Å². The number of carbonyl (C=O) groups is 3. The van der Waals surface area contributed by atoms with Gasteiger partial charge in [-0.1, -0.05) is 61.4 Å². The van der Waals surface area contributed by atoms with Gasteiger partial charge in [0, 0.05) is 41.1 Å². The summed E-state index contributed by atoms with van der Waals surface area (Å²) < 4.78 is 26.3. The molecular formula is C40H41FN4O6. The van der Waals surface area contributed by atoms with E-state index >= 15 is 0 Å². The van der Waals surface area contributed by atoms with Gasteiger partial charge in [0.25, 0.3) is 0 Å². The van der Waals surface area contributed by atoms with Crippen LogP contribution in [-0.4, -0.2) is 70.2 Å². The summed E-state index contributed by atoms with van der Waals surface area (Å²) in [7, 11) is 1.59. The predicted octanol–water partition coefficient (Wildman–Crippen LogP) is 6.36. The van der Waals surface area contributed by atoms with Crippen LogP contribution in [0.5, 0.6) is 11.5 Å². The smallest absolute Gasteiger partial charge is 0.330 e. The molecule has 3 N–H and O–H groups in total. The molecule has 0 radical (unpaired) electrons. The number of hydrogen-bond donors (Lipinski definition) is 3. The number of pyridine rings is 1. The molecule has 1 saturated carbocycles. The second-order valence-electron chi connectivity index (χ2n) is 13.6. The summed E-state index contributed by atoms with van der Waals surface area (Å²) in [6, 6.07) is 21.3. The number of nitrogens with zero attached hydrogens (tertiary/aromatic N) is 2. The summed E-state index contributed by atoms with van der Waals surface area (Å²) in [6.07, 6.45) is 7.38. The van der Waals surface area contributed by atoms with E-state index in [-0.39, 0.29) is 31.2 Å². The number of carbonyl (C=O) groups excluding carboxylic acids is 2. The van der Waals surface area contributed by atoms with E-state index in [0.29, 0.717) is 34.8 Å². The highest BCUT2D eigenvalue weighted by Gasteiger charge is 2.61. The van der Waals surface area contributed by atoms with Crippen LogP contribution in [0.2, 0.25) is 0 Å². The fourth-order valence-corrected chi connectivity index (χ4v) is 7.26. The number of methoxy groups -OCH3 is 1. The van der Waals surface area contributed by atoms with Crippen molar-refractivity contribution in [3.05, 3.63) is 96.8 Å². The molecule has 4 aromatic rings. The minimum atomic E-state index is -1.43. The molecule has 1 aromatic heterocycles. The van der Waals surface area contributed by atoms with E-state index in [2.05, 4.69) is 10.6 Å². The van der Waals surface area contributed by atoms with E-state index in [1.165, 1.54) is 17.0 Å². The molecule has 0 bridgehead atoms. The largest absolute Gasteiger partial charge is 0.497 e. The van der Waals surface area contributed by atoms with Crippen molar-refractivity contribution in [1.82, 2.24) is 15.2 Å². The molecule has 51 heavy (non-hydrogen) atoms. The molecule has 3 heterocycles. The highest BCUT2D eigenvalue weighted by molar-refractivity contribution is 5.96. The van der Waals surface area contributed by atoms with Crippen LogP contribution >= 0.6 is 0 Å². The molecule has 264 valence electrons. The minimum Gasteiger partial charge on any atom is -0.497 e. The van der Waals surface area contributed by atoms with Crippen molar-refractivity contribution in [3.8, 4) is 22.8 Å². The summed E-state index contributed by atoms with van der Waals surface area (Å²) >= 11 is 0. The number of hydrogen-bond acceptors (Lipinski definition) is 7. The lowest BCUT2D eigenvalue weighted by atomic mass is 10.0. The Kier molecular flexibility index (Phi) is 9.62. The number of ether oxygens (including phenoxy) is 2. The lowest BCUT2D eigenvalue weighted by molar-refractivity contribution is -0.145. The summed E-state index contributed by atoms with van der Waals surface area (Å²) in [6.45, 7) is 0.0856. The van der Waals surface area contributed by atoms with Crippen LogP contribution in [0.3, 0.4) is 0 Å². The minimum absolute atomic E-state index is 0.0856. The molecule has 2 aliphatic heterocycles. The number of anilines is 1. The second-order valence-corrected chi connectivity index (χ2v) is 13.6. The third-order valence-corrected chi connectivity index (χ3v) is 10.1. The molecule has 3 aromatic carbocycles. The van der Waals surface area contributed by atoms with Gasteiger partial charge in [0.2, 0.25) is 11.8 Å². The van der Waals surface area contributed by atoms with Crippen LogP contribution < -0.4 is 20.1 Å². The second kappa shape index (κ2) is 14.4. The van der Waals surface area contributed by atoms with Crippen molar-refractivity contribution in [1.29, 1.82) is 0 Å². The molecule has 1 aliphatic carbocycles. The van der Waals surface area contributed by atoms with Crippen LogP contribution in [0.1, 0.15) is 44.9 Å². The van der Waals surface area contributed by atoms with Gasteiger partial charge in [-0.05, 0) is 56.0 Å². The first-order chi connectivity index (χ1) is 24.7. The number of carboxylic acids is 1. The Balaban J connectivity index is 1.23. The average Bonchev–Trinajstić information content (AvgIpc) is 3.67. The third-order valence-electron chi connectivity index (χ3n) is 10.1. The number of nitrogens with one attached hydrogen (secondary N) is 2. The number of aromatic nitrogens is 1. The number of allylic oxidation sites excluding steroid dienone is 1. The molecule has 2 amide bonds. The van der Waals surface area contributed by atoms with Gasteiger partial charge < -0.3 is 30.1 Å². The molecule has 0 spiro atoms. The Bertz CT molecular complexity index is 1970.